The Labute approximate surface area is 241 Å². The van der Waals surface area contributed by atoms with Crippen LogP contribution in [0, 0.1) is 23.2 Å². The molecule has 40 heavy (non-hydrogen) atoms. The molecule has 5 rings (SSSR count). The number of ether oxygens (including phenoxy) is 2. The lowest BCUT2D eigenvalue weighted by atomic mass is 9.63. The molecule has 6 nitrogen and oxygen atoms in total. The van der Waals surface area contributed by atoms with Gasteiger partial charge >= 0.3 is 5.97 Å². The first kappa shape index (κ1) is 30.0. The largest absolute Gasteiger partial charge is 0.458 e. The van der Waals surface area contributed by atoms with Gasteiger partial charge in [0.15, 0.2) is 17.0 Å². The van der Waals surface area contributed by atoms with Gasteiger partial charge in [0.05, 0.1) is 6.61 Å². The topological polar surface area (TPSA) is 96.4 Å². The summed E-state index contributed by atoms with van der Waals surface area (Å²) in [6.07, 6.45) is 18.7. The van der Waals surface area contributed by atoms with Crippen molar-refractivity contribution in [2.45, 2.75) is 147 Å². The van der Waals surface area contributed by atoms with Crippen LogP contribution in [0.15, 0.2) is 23.3 Å². The van der Waals surface area contributed by atoms with E-state index in [0.29, 0.717) is 24.0 Å². The third-order valence-corrected chi connectivity index (χ3v) is 11.5. The summed E-state index contributed by atoms with van der Waals surface area (Å²) >= 11 is 0. The van der Waals surface area contributed by atoms with Gasteiger partial charge in [-0.15, -0.1) is 0 Å². The SMILES string of the molecule is CCCCCCCCCCCCCC(=O)O[C@@]12C[C@@H](C)[C@]34O[C@@]35C=C(C)C(=O)[C@@]5(O)CC(CO)=CC4[C@H]1C2(C)C. The monoisotopic (exact) mass is 556 g/mol. The van der Waals surface area contributed by atoms with Crippen molar-refractivity contribution in [3.63, 3.8) is 0 Å². The number of carbonyl (C=O) groups is 2. The molecule has 0 aromatic rings. The molecule has 3 fully saturated rings. The highest BCUT2D eigenvalue weighted by Gasteiger charge is 2.93. The fourth-order valence-corrected chi connectivity index (χ4v) is 9.33. The molecule has 2 saturated carbocycles. The predicted octanol–water partition coefficient (Wildman–Crippen LogP) is 6.37. The van der Waals surface area contributed by atoms with E-state index in [4.69, 9.17) is 9.47 Å². The summed E-state index contributed by atoms with van der Waals surface area (Å²) in [6, 6.07) is 0. The molecule has 7 atom stereocenters. The normalized spacial score (nSPS) is 40.2. The number of fused-ring (bicyclic) bond motifs is 2. The Bertz CT molecular complexity index is 1070. The third-order valence-electron chi connectivity index (χ3n) is 11.5. The number of rotatable bonds is 14. The van der Waals surface area contributed by atoms with Crippen LogP contribution in [0.25, 0.3) is 0 Å². The van der Waals surface area contributed by atoms with Gasteiger partial charge in [-0.05, 0) is 42.9 Å². The van der Waals surface area contributed by atoms with Crippen LogP contribution >= 0.6 is 0 Å². The summed E-state index contributed by atoms with van der Waals surface area (Å²) in [5.74, 6) is -0.621. The Hall–Kier alpha value is -1.50. The van der Waals surface area contributed by atoms with Crippen molar-refractivity contribution in [2.24, 2.45) is 23.2 Å². The average Bonchev–Trinajstić information content (AvgIpc) is 3.70. The van der Waals surface area contributed by atoms with Crippen molar-refractivity contribution in [3.05, 3.63) is 23.3 Å². The maximum absolute atomic E-state index is 13.2. The number of ketones is 1. The van der Waals surface area contributed by atoms with Gasteiger partial charge < -0.3 is 19.7 Å². The van der Waals surface area contributed by atoms with E-state index < -0.39 is 22.4 Å². The third kappa shape index (κ3) is 4.21. The number of aliphatic hydroxyl groups is 2. The molecule has 0 bridgehead atoms. The smallest absolute Gasteiger partial charge is 0.306 e. The van der Waals surface area contributed by atoms with Gasteiger partial charge in [-0.3, -0.25) is 9.59 Å². The van der Waals surface area contributed by atoms with E-state index in [1.54, 1.807) is 6.92 Å². The van der Waals surface area contributed by atoms with Gasteiger partial charge in [-0.2, -0.15) is 0 Å². The molecule has 0 aromatic heterocycles. The Morgan fingerprint density at radius 1 is 1.05 bits per heavy atom. The number of unbranched alkanes of at least 4 members (excludes halogenated alkanes) is 10. The molecule has 224 valence electrons. The van der Waals surface area contributed by atoms with Gasteiger partial charge in [0.25, 0.3) is 0 Å². The van der Waals surface area contributed by atoms with E-state index in [1.165, 1.54) is 57.8 Å². The molecular weight excluding hydrogens is 504 g/mol. The van der Waals surface area contributed by atoms with Crippen molar-refractivity contribution in [2.75, 3.05) is 6.61 Å². The van der Waals surface area contributed by atoms with Crippen molar-refractivity contribution >= 4 is 11.8 Å². The van der Waals surface area contributed by atoms with Crippen LogP contribution in [0.2, 0.25) is 0 Å². The molecule has 0 radical (unpaired) electrons. The number of aliphatic hydroxyl groups excluding tert-OH is 1. The zero-order valence-electron chi connectivity index (χ0n) is 25.5. The van der Waals surface area contributed by atoms with E-state index in [1.807, 2.05) is 12.2 Å². The molecule has 1 aliphatic heterocycles. The van der Waals surface area contributed by atoms with Gasteiger partial charge in [0, 0.05) is 30.1 Å². The summed E-state index contributed by atoms with van der Waals surface area (Å²) in [5, 5.41) is 22.0. The van der Waals surface area contributed by atoms with Crippen molar-refractivity contribution in [1.82, 2.24) is 0 Å². The van der Waals surface area contributed by atoms with Crippen LogP contribution in [-0.4, -0.2) is 51.0 Å². The summed E-state index contributed by atoms with van der Waals surface area (Å²) in [7, 11) is 0. The van der Waals surface area contributed by atoms with E-state index >= 15 is 0 Å². The molecule has 2 spiro atoms. The molecule has 5 aliphatic rings. The van der Waals surface area contributed by atoms with Crippen LogP contribution in [0.5, 0.6) is 0 Å². The highest BCUT2D eigenvalue weighted by atomic mass is 16.7. The van der Waals surface area contributed by atoms with Crippen molar-refractivity contribution in [1.29, 1.82) is 0 Å². The van der Waals surface area contributed by atoms with Gasteiger partial charge in [0.2, 0.25) is 0 Å². The standard InChI is InChI=1S/C34H52O6/c1-6-7-8-9-10-11-12-13-14-15-16-17-27(36)39-32-20-24(3)34-26(28(32)30(32,4)5)18-25(22-35)21-31(38)29(37)23(2)19-33(31,34)40-34/h18-19,24,26,28,35,38H,6-17,20-22H2,1-5H3/t24-,26?,28+,31+,32+,33-,34-/m1/s1. The minimum atomic E-state index is -1.70. The number of Topliss-reactive ketones (excluding diaryl/α,β-unsaturated/α-hetero) is 1. The number of carbonyl (C=O) groups excluding carboxylic acids is 2. The van der Waals surface area contributed by atoms with Gasteiger partial charge in [-0.25, -0.2) is 0 Å². The van der Waals surface area contributed by atoms with Gasteiger partial charge in [-0.1, -0.05) is 98.0 Å². The lowest BCUT2D eigenvalue weighted by molar-refractivity contribution is -0.158. The molecule has 2 N–H and O–H groups in total. The average molecular weight is 557 g/mol. The lowest BCUT2D eigenvalue weighted by Crippen LogP contribution is -2.55. The fourth-order valence-electron chi connectivity index (χ4n) is 9.33. The van der Waals surface area contributed by atoms with E-state index in [9.17, 15) is 19.8 Å². The minimum absolute atomic E-state index is 0.00478. The molecule has 6 heteroatoms. The maximum Gasteiger partial charge on any atom is 0.306 e. The Balaban J connectivity index is 1.20. The number of esters is 1. The Morgan fingerprint density at radius 3 is 2.25 bits per heavy atom. The molecule has 0 aromatic carbocycles. The summed E-state index contributed by atoms with van der Waals surface area (Å²) in [4.78, 5) is 26.3. The number of hydrogen-bond donors (Lipinski definition) is 2. The first-order valence-electron chi connectivity index (χ1n) is 16.2. The molecule has 4 aliphatic carbocycles. The van der Waals surface area contributed by atoms with Crippen molar-refractivity contribution in [3.8, 4) is 0 Å². The second-order valence-corrected chi connectivity index (χ2v) is 14.3. The highest BCUT2D eigenvalue weighted by molar-refractivity contribution is 6.07. The highest BCUT2D eigenvalue weighted by Crippen LogP contribution is 2.82. The first-order chi connectivity index (χ1) is 19.0. The molecule has 1 unspecified atom stereocenters. The number of hydrogen-bond acceptors (Lipinski definition) is 6. The molecular formula is C34H52O6. The molecule has 1 heterocycles. The van der Waals surface area contributed by atoms with Crippen LogP contribution in [-0.2, 0) is 19.1 Å². The van der Waals surface area contributed by atoms with Crippen LogP contribution in [0.3, 0.4) is 0 Å². The molecule has 1 saturated heterocycles. The Kier molecular flexibility index (Phi) is 7.98. The maximum atomic E-state index is 13.2. The van der Waals surface area contributed by atoms with Crippen molar-refractivity contribution < 1.29 is 29.3 Å². The van der Waals surface area contributed by atoms with Crippen LogP contribution < -0.4 is 0 Å². The second kappa shape index (κ2) is 10.6. The van der Waals surface area contributed by atoms with Crippen LogP contribution in [0.1, 0.15) is 125 Å². The Morgan fingerprint density at radius 2 is 1.65 bits per heavy atom. The summed E-state index contributed by atoms with van der Waals surface area (Å²) < 4.78 is 13.0. The van der Waals surface area contributed by atoms with E-state index in [2.05, 4.69) is 27.7 Å². The lowest BCUT2D eigenvalue weighted by Gasteiger charge is -2.39. The minimum Gasteiger partial charge on any atom is -0.458 e. The molecule has 0 amide bonds. The zero-order valence-corrected chi connectivity index (χ0v) is 25.5. The first-order valence-corrected chi connectivity index (χ1v) is 16.2. The predicted molar refractivity (Wildman–Crippen MR) is 154 cm³/mol. The van der Waals surface area contributed by atoms with E-state index in [0.717, 1.165) is 12.8 Å². The van der Waals surface area contributed by atoms with E-state index in [-0.39, 0.29) is 47.9 Å². The summed E-state index contributed by atoms with van der Waals surface area (Å²) in [6.45, 7) is 10.2. The van der Waals surface area contributed by atoms with Crippen LogP contribution in [0.4, 0.5) is 0 Å². The fraction of sp³-hybridized carbons (Fsp3) is 0.824. The number of epoxide rings is 1. The summed E-state index contributed by atoms with van der Waals surface area (Å²) in [5.41, 5.74) is -3.19. The quantitative estimate of drug-likeness (QED) is 0.112. The second-order valence-electron chi connectivity index (χ2n) is 14.3. The zero-order chi connectivity index (χ0) is 29.0. The van der Waals surface area contributed by atoms with Gasteiger partial charge in [0.1, 0.15) is 11.2 Å².